The second-order valence-corrected chi connectivity index (χ2v) is 8.01. The van der Waals surface area contributed by atoms with E-state index >= 15 is 0 Å². The smallest absolute Gasteiger partial charge is 0.00571 e. The normalized spacial score (nSPS) is 11.3. The van der Waals surface area contributed by atoms with Crippen molar-refractivity contribution < 1.29 is 0 Å². The van der Waals surface area contributed by atoms with Crippen LogP contribution in [0.25, 0.3) is 33.4 Å². The van der Waals surface area contributed by atoms with Gasteiger partial charge in [0.25, 0.3) is 0 Å². The third-order valence-corrected chi connectivity index (χ3v) is 5.62. The van der Waals surface area contributed by atoms with Crippen molar-refractivity contribution in [2.24, 2.45) is 0 Å². The fourth-order valence-electron chi connectivity index (χ4n) is 3.77. The first-order valence-corrected chi connectivity index (χ1v) is 11.2. The van der Waals surface area contributed by atoms with E-state index in [1.54, 1.807) is 0 Å². The number of hydrogen-bond acceptors (Lipinski definition) is 1. The lowest BCUT2D eigenvalue weighted by molar-refractivity contribution is 1.27. The molecule has 0 saturated heterocycles. The number of benzene rings is 4. The van der Waals surface area contributed by atoms with E-state index in [0.29, 0.717) is 0 Å². The first-order chi connectivity index (χ1) is 15.2. The summed E-state index contributed by atoms with van der Waals surface area (Å²) in [6.45, 7) is 4.33. The molecule has 0 bridgehead atoms. The van der Waals surface area contributed by atoms with Crippen LogP contribution in [0.5, 0.6) is 0 Å². The summed E-state index contributed by atoms with van der Waals surface area (Å²) in [4.78, 5) is 0. The molecule has 0 N–H and O–H groups in total. The van der Waals surface area contributed by atoms with Gasteiger partial charge in [-0.25, -0.2) is 0 Å². The maximum absolute atomic E-state index is 4.54. The molecule has 0 amide bonds. The van der Waals surface area contributed by atoms with Crippen molar-refractivity contribution >= 4 is 23.8 Å². The van der Waals surface area contributed by atoms with E-state index in [1.165, 1.54) is 33.4 Å². The first-order valence-electron chi connectivity index (χ1n) is 10.6. The molecule has 0 aromatic heterocycles. The van der Waals surface area contributed by atoms with Crippen molar-refractivity contribution in [3.8, 4) is 22.3 Å². The molecular formula is C30H26S. The lowest BCUT2D eigenvalue weighted by Crippen LogP contribution is -1.92. The molecule has 0 saturated carbocycles. The third-order valence-electron chi connectivity index (χ3n) is 5.39. The van der Waals surface area contributed by atoms with E-state index in [1.807, 2.05) is 6.07 Å². The average Bonchev–Trinajstić information content (AvgIpc) is 2.85. The maximum Gasteiger partial charge on any atom is -0.00571 e. The summed E-state index contributed by atoms with van der Waals surface area (Å²) < 4.78 is 0. The number of rotatable bonds is 7. The predicted octanol–water partition coefficient (Wildman–Crippen LogP) is 8.44. The summed E-state index contributed by atoms with van der Waals surface area (Å²) in [5.41, 5.74) is 9.48. The first kappa shape index (κ1) is 21.0. The minimum Gasteiger partial charge on any atom is -0.179 e. The number of thiol groups is 1. The van der Waals surface area contributed by atoms with Crippen molar-refractivity contribution in [3.63, 3.8) is 0 Å². The van der Waals surface area contributed by atoms with Crippen molar-refractivity contribution in [3.05, 3.63) is 133 Å². The highest BCUT2D eigenvalue weighted by Crippen LogP contribution is 2.33. The van der Waals surface area contributed by atoms with Crippen LogP contribution in [-0.4, -0.2) is 5.75 Å². The molecule has 31 heavy (non-hydrogen) atoms. The monoisotopic (exact) mass is 418 g/mol. The van der Waals surface area contributed by atoms with Crippen LogP contribution in [0, 0.1) is 0 Å². The molecule has 4 aromatic rings. The Morgan fingerprint density at radius 3 is 1.58 bits per heavy atom. The van der Waals surface area contributed by atoms with E-state index in [2.05, 4.69) is 128 Å². The molecule has 1 heteroatoms. The molecule has 0 atom stereocenters. The van der Waals surface area contributed by atoms with E-state index in [-0.39, 0.29) is 0 Å². The van der Waals surface area contributed by atoms with Gasteiger partial charge in [0.2, 0.25) is 0 Å². The summed E-state index contributed by atoms with van der Waals surface area (Å²) >= 11 is 4.54. The molecule has 0 aliphatic heterocycles. The summed E-state index contributed by atoms with van der Waals surface area (Å²) in [5.74, 6) is 0.782. The highest BCUT2D eigenvalue weighted by Gasteiger charge is 2.10. The Bertz CT molecular complexity index is 1120. The van der Waals surface area contributed by atoms with Gasteiger partial charge in [0.05, 0.1) is 0 Å². The summed E-state index contributed by atoms with van der Waals surface area (Å²) in [6, 6.07) is 38.3. The van der Waals surface area contributed by atoms with E-state index in [4.69, 9.17) is 0 Å². The zero-order valence-corrected chi connectivity index (χ0v) is 18.4. The topological polar surface area (TPSA) is 0 Å². The molecule has 0 unspecified atom stereocenters. The fraction of sp³-hybridized carbons (Fsp3) is 0.0667. The van der Waals surface area contributed by atoms with Gasteiger partial charge in [-0.2, -0.15) is 12.6 Å². The van der Waals surface area contributed by atoms with Crippen molar-refractivity contribution in [1.82, 2.24) is 0 Å². The van der Waals surface area contributed by atoms with Gasteiger partial charge in [0, 0.05) is 0 Å². The summed E-state index contributed by atoms with van der Waals surface area (Å²) in [5, 5.41) is 0. The lowest BCUT2D eigenvalue weighted by Gasteiger charge is -2.14. The Kier molecular flexibility index (Phi) is 6.86. The van der Waals surface area contributed by atoms with Gasteiger partial charge in [0.1, 0.15) is 0 Å². The zero-order chi connectivity index (χ0) is 21.5. The van der Waals surface area contributed by atoms with E-state index in [0.717, 1.165) is 23.3 Å². The highest BCUT2D eigenvalue weighted by molar-refractivity contribution is 7.80. The van der Waals surface area contributed by atoms with Crippen molar-refractivity contribution in [2.45, 2.75) is 6.42 Å². The highest BCUT2D eigenvalue weighted by atomic mass is 32.1. The Balaban J connectivity index is 1.84. The van der Waals surface area contributed by atoms with Crippen molar-refractivity contribution in [2.75, 3.05) is 5.75 Å². The van der Waals surface area contributed by atoms with Crippen LogP contribution in [-0.2, 0) is 0 Å². The van der Waals surface area contributed by atoms with Gasteiger partial charge in [-0.3, -0.25) is 0 Å². The van der Waals surface area contributed by atoms with Gasteiger partial charge < -0.3 is 0 Å². The SMILES string of the molecule is C=C(/C=C(\CCS)c1cc(-c2ccccc2)cc(-c2ccccc2)c1)c1ccccc1. The molecular weight excluding hydrogens is 392 g/mol. The Morgan fingerprint density at radius 2 is 1.10 bits per heavy atom. The lowest BCUT2D eigenvalue weighted by atomic mass is 9.91. The second kappa shape index (κ2) is 10.1. The Hall–Kier alpha value is -3.29. The fourth-order valence-corrected chi connectivity index (χ4v) is 4.01. The maximum atomic E-state index is 4.54. The molecule has 0 radical (unpaired) electrons. The van der Waals surface area contributed by atoms with E-state index < -0.39 is 0 Å². The molecule has 4 rings (SSSR count). The molecule has 0 aliphatic carbocycles. The largest absolute Gasteiger partial charge is 0.179 e. The molecule has 0 nitrogen and oxygen atoms in total. The Labute approximate surface area is 191 Å². The second-order valence-electron chi connectivity index (χ2n) is 7.57. The molecule has 152 valence electrons. The van der Waals surface area contributed by atoms with E-state index in [9.17, 15) is 0 Å². The van der Waals surface area contributed by atoms with Gasteiger partial charge >= 0.3 is 0 Å². The molecule has 0 fully saturated rings. The zero-order valence-electron chi connectivity index (χ0n) is 17.5. The number of hydrogen-bond donors (Lipinski definition) is 1. The molecule has 4 aromatic carbocycles. The summed E-state index contributed by atoms with van der Waals surface area (Å²) in [6.07, 6.45) is 3.09. The van der Waals surface area contributed by atoms with Crippen LogP contribution in [0.2, 0.25) is 0 Å². The molecule has 0 heterocycles. The van der Waals surface area contributed by atoms with Gasteiger partial charge in [-0.05, 0) is 74.9 Å². The minimum atomic E-state index is 0.782. The predicted molar refractivity (Wildman–Crippen MR) is 139 cm³/mol. The molecule has 0 spiro atoms. The minimum absolute atomic E-state index is 0.782. The van der Waals surface area contributed by atoms with Crippen molar-refractivity contribution in [1.29, 1.82) is 0 Å². The number of allylic oxidation sites excluding steroid dienone is 3. The quantitative estimate of drug-likeness (QED) is 0.226. The van der Waals surface area contributed by atoms with Gasteiger partial charge in [-0.1, -0.05) is 104 Å². The van der Waals surface area contributed by atoms with Crippen LogP contribution in [0.15, 0.2) is 122 Å². The average molecular weight is 419 g/mol. The van der Waals surface area contributed by atoms with Gasteiger partial charge in [0.15, 0.2) is 0 Å². The van der Waals surface area contributed by atoms with Crippen LogP contribution in [0.1, 0.15) is 17.5 Å². The van der Waals surface area contributed by atoms with Gasteiger partial charge in [-0.15, -0.1) is 0 Å². The molecule has 0 aliphatic rings. The van der Waals surface area contributed by atoms with Crippen LogP contribution in [0.4, 0.5) is 0 Å². The standard InChI is InChI=1S/C30H26S/c1-23(24-11-5-2-6-12-24)19-27(17-18-31)30-21-28(25-13-7-3-8-14-25)20-29(22-30)26-15-9-4-10-16-26/h2-16,19-22,31H,1,17-18H2/b27-19+. The van der Waals surface area contributed by atoms with Crippen LogP contribution >= 0.6 is 12.6 Å². The van der Waals surface area contributed by atoms with Crippen LogP contribution in [0.3, 0.4) is 0 Å². The van der Waals surface area contributed by atoms with Crippen LogP contribution < -0.4 is 0 Å². The Morgan fingerprint density at radius 1 is 0.613 bits per heavy atom. The third kappa shape index (κ3) is 5.25. The summed E-state index contributed by atoms with van der Waals surface area (Å²) in [7, 11) is 0.